The monoisotopic (exact) mass is 377 g/mol. The van der Waals surface area contributed by atoms with Crippen molar-refractivity contribution in [1.29, 1.82) is 0 Å². The molecular formula is C23H27N3O2. The van der Waals surface area contributed by atoms with Gasteiger partial charge in [0.15, 0.2) is 0 Å². The van der Waals surface area contributed by atoms with E-state index in [2.05, 4.69) is 45.5 Å². The fourth-order valence-electron chi connectivity index (χ4n) is 5.51. The van der Waals surface area contributed by atoms with Crippen molar-refractivity contribution >= 4 is 5.91 Å². The van der Waals surface area contributed by atoms with Crippen molar-refractivity contribution < 1.29 is 9.53 Å². The molecule has 0 radical (unpaired) electrons. The zero-order chi connectivity index (χ0) is 19.1. The number of hydrogen-bond donors (Lipinski definition) is 1. The van der Waals surface area contributed by atoms with Crippen LogP contribution in [-0.4, -0.2) is 47.1 Å². The third-order valence-electron chi connectivity index (χ3n) is 6.74. The van der Waals surface area contributed by atoms with Gasteiger partial charge in [-0.3, -0.25) is 14.7 Å². The lowest BCUT2D eigenvalue weighted by molar-refractivity contribution is 0.00212. The molecule has 1 aromatic carbocycles. The maximum Gasteiger partial charge on any atom is 0.252 e. The van der Waals surface area contributed by atoms with Gasteiger partial charge in [-0.15, -0.1) is 0 Å². The molecule has 5 heteroatoms. The maximum absolute atomic E-state index is 12.6. The number of fused-ring (bicyclic) bond motifs is 1. The Morgan fingerprint density at radius 2 is 2.18 bits per heavy atom. The summed E-state index contributed by atoms with van der Waals surface area (Å²) in [5, 5.41) is 3.15. The molecule has 4 atom stereocenters. The molecule has 2 aromatic rings. The maximum atomic E-state index is 12.6. The molecule has 5 rings (SSSR count). The molecule has 28 heavy (non-hydrogen) atoms. The highest BCUT2D eigenvalue weighted by molar-refractivity contribution is 5.94. The lowest BCUT2D eigenvalue weighted by Gasteiger charge is -2.29. The van der Waals surface area contributed by atoms with Crippen LogP contribution in [0.15, 0.2) is 48.8 Å². The average molecular weight is 377 g/mol. The lowest BCUT2D eigenvalue weighted by Crippen LogP contribution is -2.41. The topological polar surface area (TPSA) is 54.5 Å². The average Bonchev–Trinajstić information content (AvgIpc) is 3.35. The summed E-state index contributed by atoms with van der Waals surface area (Å²) < 4.78 is 6.52. The van der Waals surface area contributed by atoms with Crippen LogP contribution in [0.3, 0.4) is 0 Å². The van der Waals surface area contributed by atoms with Crippen molar-refractivity contribution in [2.24, 2.45) is 11.8 Å². The zero-order valence-corrected chi connectivity index (χ0v) is 16.3. The number of nitrogens with one attached hydrogen (secondary N) is 1. The molecule has 146 valence electrons. The third-order valence-corrected chi connectivity index (χ3v) is 6.74. The second-order valence-electron chi connectivity index (χ2n) is 8.65. The standard InChI is InChI=1S/C23H27N3O2/c1-16-9-18(11-24-10-16)22(27)25-12-19-20-14-26(13-17-5-3-2-4-6-17)15-23(20)8-7-21(19)28-23/h2-6,9-11,19-21H,7-8,12-15H2,1H3,(H,25,27)/t19-,20+,21+,23+/m0/s1. The molecule has 0 unspecified atom stereocenters. The van der Waals surface area contributed by atoms with Crippen LogP contribution in [0, 0.1) is 18.8 Å². The van der Waals surface area contributed by atoms with Crippen LogP contribution in [0.4, 0.5) is 0 Å². The second kappa shape index (κ2) is 6.98. The van der Waals surface area contributed by atoms with E-state index in [-0.39, 0.29) is 11.5 Å². The normalized spacial score (nSPS) is 31.1. The number of nitrogens with zero attached hydrogens (tertiary/aromatic N) is 2. The van der Waals surface area contributed by atoms with Gasteiger partial charge in [-0.05, 0) is 37.0 Å². The molecule has 3 fully saturated rings. The number of aryl methyl sites for hydroxylation is 1. The van der Waals surface area contributed by atoms with Gasteiger partial charge in [0.25, 0.3) is 5.91 Å². The van der Waals surface area contributed by atoms with Crippen molar-refractivity contribution in [2.75, 3.05) is 19.6 Å². The number of carbonyl (C=O) groups is 1. The summed E-state index contributed by atoms with van der Waals surface area (Å²) in [6.07, 6.45) is 5.96. The van der Waals surface area contributed by atoms with Crippen molar-refractivity contribution in [1.82, 2.24) is 15.2 Å². The minimum absolute atomic E-state index is 0.000266. The smallest absolute Gasteiger partial charge is 0.252 e. The highest BCUT2D eigenvalue weighted by Gasteiger charge is 2.62. The molecular weight excluding hydrogens is 350 g/mol. The first-order chi connectivity index (χ1) is 13.6. The zero-order valence-electron chi connectivity index (χ0n) is 16.3. The van der Waals surface area contributed by atoms with Gasteiger partial charge in [-0.25, -0.2) is 0 Å². The first-order valence-electron chi connectivity index (χ1n) is 10.3. The van der Waals surface area contributed by atoms with E-state index in [4.69, 9.17) is 4.74 Å². The van der Waals surface area contributed by atoms with Crippen molar-refractivity contribution in [3.05, 3.63) is 65.5 Å². The van der Waals surface area contributed by atoms with Crippen LogP contribution in [0.25, 0.3) is 0 Å². The Morgan fingerprint density at radius 1 is 1.32 bits per heavy atom. The van der Waals surface area contributed by atoms with Crippen LogP contribution in [0.1, 0.15) is 34.3 Å². The van der Waals surface area contributed by atoms with Gasteiger partial charge < -0.3 is 10.1 Å². The molecule has 1 spiro atoms. The van der Waals surface area contributed by atoms with E-state index < -0.39 is 0 Å². The fourth-order valence-corrected chi connectivity index (χ4v) is 5.51. The van der Waals surface area contributed by atoms with Gasteiger partial charge in [-0.1, -0.05) is 30.3 Å². The number of hydrogen-bond acceptors (Lipinski definition) is 4. The molecule has 3 aliphatic rings. The van der Waals surface area contributed by atoms with Gasteiger partial charge in [0.1, 0.15) is 0 Å². The predicted molar refractivity (Wildman–Crippen MR) is 107 cm³/mol. The van der Waals surface area contributed by atoms with E-state index in [1.165, 1.54) is 5.56 Å². The minimum Gasteiger partial charge on any atom is -0.370 e. The molecule has 0 aliphatic carbocycles. The third kappa shape index (κ3) is 3.12. The number of pyridine rings is 1. The Morgan fingerprint density at radius 3 is 3.00 bits per heavy atom. The first kappa shape index (κ1) is 17.8. The molecule has 1 N–H and O–H groups in total. The SMILES string of the molecule is Cc1cncc(C(=O)NC[C@H]2[C@H]3CN(Cc4ccccc4)C[C@]34CC[C@H]2O4)c1. The summed E-state index contributed by atoms with van der Waals surface area (Å²) in [6.45, 7) is 5.68. The Bertz CT molecular complexity index is 871. The summed E-state index contributed by atoms with van der Waals surface area (Å²) in [5.41, 5.74) is 2.99. The lowest BCUT2D eigenvalue weighted by atomic mass is 9.73. The Labute approximate surface area is 166 Å². The summed E-state index contributed by atoms with van der Waals surface area (Å²) in [7, 11) is 0. The molecule has 1 aromatic heterocycles. The first-order valence-corrected chi connectivity index (χ1v) is 10.3. The van der Waals surface area contributed by atoms with Crippen molar-refractivity contribution in [2.45, 2.75) is 38.0 Å². The van der Waals surface area contributed by atoms with Gasteiger partial charge in [0.05, 0.1) is 17.3 Å². The van der Waals surface area contributed by atoms with E-state index in [9.17, 15) is 4.79 Å². The largest absolute Gasteiger partial charge is 0.370 e. The van der Waals surface area contributed by atoms with Crippen LogP contribution in [-0.2, 0) is 11.3 Å². The van der Waals surface area contributed by atoms with Crippen LogP contribution < -0.4 is 5.32 Å². The van der Waals surface area contributed by atoms with Crippen molar-refractivity contribution in [3.8, 4) is 0 Å². The van der Waals surface area contributed by atoms with Crippen molar-refractivity contribution in [3.63, 3.8) is 0 Å². The highest BCUT2D eigenvalue weighted by Crippen LogP contribution is 2.54. The van der Waals surface area contributed by atoms with E-state index >= 15 is 0 Å². The Hall–Kier alpha value is -2.24. The number of amides is 1. The molecule has 4 heterocycles. The Balaban J connectivity index is 1.25. The summed E-state index contributed by atoms with van der Waals surface area (Å²) in [4.78, 5) is 19.2. The predicted octanol–water partition coefficient (Wildman–Crippen LogP) is 2.80. The number of benzene rings is 1. The molecule has 0 saturated carbocycles. The van der Waals surface area contributed by atoms with Crippen LogP contribution >= 0.6 is 0 Å². The van der Waals surface area contributed by atoms with Gasteiger partial charge in [-0.2, -0.15) is 0 Å². The van der Waals surface area contributed by atoms with E-state index in [1.807, 2.05) is 13.0 Å². The summed E-state index contributed by atoms with van der Waals surface area (Å²) in [6, 6.07) is 12.5. The quantitative estimate of drug-likeness (QED) is 0.871. The molecule has 2 bridgehead atoms. The van der Waals surface area contributed by atoms with E-state index in [0.29, 0.717) is 30.0 Å². The van der Waals surface area contributed by atoms with Gasteiger partial charge in [0.2, 0.25) is 0 Å². The fraction of sp³-hybridized carbons (Fsp3) is 0.478. The number of carbonyl (C=O) groups excluding carboxylic acids is 1. The second-order valence-corrected chi connectivity index (χ2v) is 8.65. The van der Waals surface area contributed by atoms with E-state index in [0.717, 1.165) is 38.0 Å². The van der Waals surface area contributed by atoms with Crippen LogP contribution in [0.5, 0.6) is 0 Å². The number of aromatic nitrogens is 1. The highest BCUT2D eigenvalue weighted by atomic mass is 16.5. The summed E-state index contributed by atoms with van der Waals surface area (Å²) >= 11 is 0. The van der Waals surface area contributed by atoms with Gasteiger partial charge in [0, 0.05) is 50.4 Å². The number of ether oxygens (including phenoxy) is 1. The van der Waals surface area contributed by atoms with Crippen LogP contribution in [0.2, 0.25) is 0 Å². The number of rotatable bonds is 5. The molecule has 3 aliphatic heterocycles. The molecule has 5 nitrogen and oxygen atoms in total. The Kier molecular flexibility index (Phi) is 4.44. The van der Waals surface area contributed by atoms with Gasteiger partial charge >= 0.3 is 0 Å². The minimum atomic E-state index is -0.0350. The summed E-state index contributed by atoms with van der Waals surface area (Å²) in [5.74, 6) is 0.870. The molecule has 1 amide bonds. The number of likely N-dealkylation sites (tertiary alicyclic amines) is 1. The van der Waals surface area contributed by atoms with E-state index in [1.54, 1.807) is 12.4 Å². The molecule has 3 saturated heterocycles.